The number of piperidine rings is 1. The number of halogens is 1. The van der Waals surface area contributed by atoms with Crippen LogP contribution in [0.25, 0.3) is 0 Å². The first-order valence-corrected chi connectivity index (χ1v) is 20.4. The molecule has 0 spiro atoms. The second kappa shape index (κ2) is 17.1. The summed E-state index contributed by atoms with van der Waals surface area (Å²) in [5.41, 5.74) is 7.16. The molecule has 19 nitrogen and oxygen atoms in total. The first kappa shape index (κ1) is 40.5. The van der Waals surface area contributed by atoms with Gasteiger partial charge in [-0.2, -0.15) is 4.98 Å². The summed E-state index contributed by atoms with van der Waals surface area (Å²) in [5, 5.41) is 13.6. The fraction of sp³-hybridized carbons (Fsp3) is 0.500. The van der Waals surface area contributed by atoms with Crippen molar-refractivity contribution in [2.24, 2.45) is 11.7 Å². The Morgan fingerprint density at radius 1 is 0.917 bits per heavy atom. The molecule has 7 amide bonds. The van der Waals surface area contributed by atoms with Gasteiger partial charge in [0.25, 0.3) is 11.8 Å². The number of carbonyl (C=O) groups excluding carboxylic acids is 5. The van der Waals surface area contributed by atoms with E-state index >= 15 is 4.39 Å². The molecule has 0 saturated carbocycles. The lowest BCUT2D eigenvalue weighted by atomic mass is 10.0. The highest BCUT2D eigenvalue weighted by atomic mass is 19.1. The summed E-state index contributed by atoms with van der Waals surface area (Å²) in [6, 6.07) is 9.25. The molecule has 6 heterocycles. The van der Waals surface area contributed by atoms with Crippen molar-refractivity contribution in [3.63, 3.8) is 0 Å². The molecule has 0 aliphatic carbocycles. The monoisotopic (exact) mass is 827 g/mol. The molecule has 8 rings (SSSR count). The van der Waals surface area contributed by atoms with Crippen LogP contribution in [0.5, 0.6) is 5.75 Å². The van der Waals surface area contributed by atoms with Crippen molar-refractivity contribution in [3.8, 4) is 5.75 Å². The van der Waals surface area contributed by atoms with Gasteiger partial charge in [0, 0.05) is 103 Å². The number of rotatable bonds is 11. The first-order valence-electron chi connectivity index (χ1n) is 20.4. The number of primary amides is 1. The predicted molar refractivity (Wildman–Crippen MR) is 219 cm³/mol. The number of aromatic nitrogens is 3. The summed E-state index contributed by atoms with van der Waals surface area (Å²) in [6.45, 7) is 7.40. The zero-order chi connectivity index (χ0) is 42.1. The van der Waals surface area contributed by atoms with E-state index in [2.05, 4.69) is 30.7 Å². The van der Waals surface area contributed by atoms with Gasteiger partial charge in [-0.25, -0.2) is 14.0 Å². The molecular formula is C40H50FN13O6. The van der Waals surface area contributed by atoms with E-state index in [1.807, 2.05) is 19.6 Å². The lowest BCUT2D eigenvalue weighted by Gasteiger charge is -2.37. The van der Waals surface area contributed by atoms with E-state index in [1.165, 1.54) is 18.1 Å². The highest BCUT2D eigenvalue weighted by Gasteiger charge is 2.36. The van der Waals surface area contributed by atoms with Crippen molar-refractivity contribution in [3.05, 3.63) is 53.5 Å². The third-order valence-corrected chi connectivity index (χ3v) is 12.1. The number of likely N-dealkylation sites (tertiary alicyclic amines) is 1. The summed E-state index contributed by atoms with van der Waals surface area (Å²) in [6.07, 6.45) is 2.69. The molecule has 5 aliphatic rings. The number of methoxy groups -OCH3 is 1. The average Bonchev–Trinajstić information content (AvgIpc) is 3.85. The van der Waals surface area contributed by atoms with Gasteiger partial charge >= 0.3 is 12.1 Å². The number of piperazine rings is 1. The smallest absolute Gasteiger partial charge is 0.328 e. The second-order valence-corrected chi connectivity index (χ2v) is 15.9. The molecule has 5 saturated heterocycles. The Hall–Kier alpha value is -6.31. The molecule has 0 bridgehead atoms. The number of hydrogen-bond donors (Lipinski definition) is 3. The minimum absolute atomic E-state index is 0.00156. The van der Waals surface area contributed by atoms with Crippen LogP contribution in [0.2, 0.25) is 0 Å². The largest absolute Gasteiger partial charge is 0.495 e. The topological polar surface area (TPSA) is 206 Å². The number of carbonyl (C=O) groups is 5. The number of ether oxygens (including phenoxy) is 1. The molecule has 2 aromatic carbocycles. The summed E-state index contributed by atoms with van der Waals surface area (Å²) >= 11 is 0. The normalized spacial score (nSPS) is 21.5. The van der Waals surface area contributed by atoms with Gasteiger partial charge in [-0.15, -0.1) is 10.2 Å². The SMILES string of the molecule is COc1ccc(C(=O)N2CCC(CN3CCN(c4ccc(Nc5nc(N6CCC[C@@H](N7CCN(C)C7=O)C6)nnc5C(N)=O)cc4F)CC3)C2)cc1N1CCC(=O)NC1=O. The Balaban J connectivity index is 0.850. The van der Waals surface area contributed by atoms with Crippen molar-refractivity contribution in [1.82, 2.24) is 40.1 Å². The van der Waals surface area contributed by atoms with Gasteiger partial charge in [-0.3, -0.25) is 29.5 Å². The van der Waals surface area contributed by atoms with E-state index in [1.54, 1.807) is 42.3 Å². The Labute approximate surface area is 346 Å². The van der Waals surface area contributed by atoms with E-state index in [4.69, 9.17) is 10.5 Å². The Bertz CT molecular complexity index is 2170. The van der Waals surface area contributed by atoms with Crippen LogP contribution in [0.3, 0.4) is 0 Å². The van der Waals surface area contributed by atoms with Crippen molar-refractivity contribution >= 4 is 58.6 Å². The maximum absolute atomic E-state index is 15.7. The second-order valence-electron chi connectivity index (χ2n) is 15.9. The van der Waals surface area contributed by atoms with Gasteiger partial charge in [-0.1, -0.05) is 0 Å². The van der Waals surface area contributed by atoms with Crippen molar-refractivity contribution in [2.45, 2.75) is 31.7 Å². The van der Waals surface area contributed by atoms with Gasteiger partial charge in [-0.05, 0) is 61.6 Å². The minimum Gasteiger partial charge on any atom is -0.495 e. The van der Waals surface area contributed by atoms with Crippen LogP contribution >= 0.6 is 0 Å². The van der Waals surface area contributed by atoms with Crippen LogP contribution < -0.4 is 35.8 Å². The molecular weight excluding hydrogens is 778 g/mol. The molecule has 5 fully saturated rings. The van der Waals surface area contributed by atoms with Gasteiger partial charge < -0.3 is 40.3 Å². The van der Waals surface area contributed by atoms with Crippen LogP contribution in [0.1, 0.15) is 46.5 Å². The van der Waals surface area contributed by atoms with E-state index < -0.39 is 17.8 Å². The molecule has 4 N–H and O–H groups in total. The highest BCUT2D eigenvalue weighted by molar-refractivity contribution is 6.07. The lowest BCUT2D eigenvalue weighted by molar-refractivity contribution is -0.120. The Morgan fingerprint density at radius 3 is 2.45 bits per heavy atom. The number of nitrogens with one attached hydrogen (secondary N) is 2. The molecule has 2 atom stereocenters. The van der Waals surface area contributed by atoms with Gasteiger partial charge in [0.05, 0.1) is 24.5 Å². The highest BCUT2D eigenvalue weighted by Crippen LogP contribution is 2.33. The van der Waals surface area contributed by atoms with Gasteiger partial charge in [0.1, 0.15) is 11.6 Å². The van der Waals surface area contributed by atoms with E-state index in [-0.39, 0.29) is 60.2 Å². The standard InChI is InChI=1S/C40H50FN13O6/c1-48-14-19-53(40(48)59)28-4-3-11-52(24-28)38-45-36(34(35(42)56)46-47-38)43-27-6-7-30(29(41)21-27)50-17-15-49(16-18-50)22-25-9-12-51(23-25)37(57)26-5-8-32(60-2)31(20-26)54-13-10-33(55)44-39(54)58/h5-8,20-21,25,28H,3-4,9-19,22-24H2,1-2H3,(H2,42,56)(H,43,45,47)(H,44,55,58)/t25?,28-/m1/s1. The third kappa shape index (κ3) is 8.41. The number of likely N-dealkylation sites (N-methyl/N-ethyl adjacent to an activating group) is 1. The molecule has 1 unspecified atom stereocenters. The molecule has 60 heavy (non-hydrogen) atoms. The van der Waals surface area contributed by atoms with Crippen molar-refractivity contribution < 1.29 is 33.1 Å². The van der Waals surface area contributed by atoms with Crippen LogP contribution in [0.15, 0.2) is 36.4 Å². The quantitative estimate of drug-likeness (QED) is 0.253. The van der Waals surface area contributed by atoms with Crippen LogP contribution in [0.4, 0.5) is 42.8 Å². The first-order chi connectivity index (χ1) is 28.9. The zero-order valence-electron chi connectivity index (χ0n) is 33.8. The van der Waals surface area contributed by atoms with Crippen molar-refractivity contribution in [2.75, 3.05) is 113 Å². The number of anilines is 5. The number of nitrogens with zero attached hydrogens (tertiary/aromatic N) is 10. The fourth-order valence-electron chi connectivity index (χ4n) is 8.79. The van der Waals surface area contributed by atoms with Gasteiger partial charge in [0.15, 0.2) is 11.5 Å². The molecule has 0 radical (unpaired) electrons. The summed E-state index contributed by atoms with van der Waals surface area (Å²) in [7, 11) is 3.28. The molecule has 3 aromatic rings. The Kier molecular flexibility index (Phi) is 11.5. The minimum atomic E-state index is -0.825. The molecule has 5 aliphatic heterocycles. The van der Waals surface area contributed by atoms with Crippen LogP contribution in [-0.4, -0.2) is 163 Å². The maximum Gasteiger partial charge on any atom is 0.328 e. The number of hydrogen-bond acceptors (Lipinski definition) is 13. The number of benzene rings is 2. The Morgan fingerprint density at radius 2 is 1.73 bits per heavy atom. The summed E-state index contributed by atoms with van der Waals surface area (Å²) in [5.74, 6) is -0.668. The van der Waals surface area contributed by atoms with Crippen LogP contribution in [0, 0.1) is 11.7 Å². The van der Waals surface area contributed by atoms with Crippen molar-refractivity contribution in [1.29, 1.82) is 0 Å². The number of nitrogens with two attached hydrogens (primary N) is 1. The summed E-state index contributed by atoms with van der Waals surface area (Å²) in [4.78, 5) is 80.6. The summed E-state index contributed by atoms with van der Waals surface area (Å²) < 4.78 is 21.2. The van der Waals surface area contributed by atoms with Gasteiger partial charge in [0.2, 0.25) is 11.9 Å². The van der Waals surface area contributed by atoms with E-state index in [0.717, 1.165) is 38.9 Å². The third-order valence-electron chi connectivity index (χ3n) is 12.1. The lowest BCUT2D eigenvalue weighted by Crippen LogP contribution is -2.49. The van der Waals surface area contributed by atoms with E-state index in [9.17, 15) is 24.0 Å². The fourth-order valence-corrected chi connectivity index (χ4v) is 8.79. The maximum atomic E-state index is 15.7. The number of imide groups is 1. The molecule has 1 aromatic heterocycles. The van der Waals surface area contributed by atoms with E-state index in [0.29, 0.717) is 80.7 Å². The predicted octanol–water partition coefficient (Wildman–Crippen LogP) is 1.93. The number of urea groups is 2. The molecule has 318 valence electrons. The molecule has 20 heteroatoms. The average molecular weight is 828 g/mol. The zero-order valence-corrected chi connectivity index (χ0v) is 33.8. The number of amides is 7. The van der Waals surface area contributed by atoms with Crippen LogP contribution in [-0.2, 0) is 4.79 Å².